The summed E-state index contributed by atoms with van der Waals surface area (Å²) in [6, 6.07) is 1.82. The highest BCUT2D eigenvalue weighted by atomic mass is 19.1. The molecule has 1 fully saturated rings. The van der Waals surface area contributed by atoms with Gasteiger partial charge in [-0.05, 0) is 43.2 Å². The molecule has 158 valence electrons. The maximum atomic E-state index is 14.1. The van der Waals surface area contributed by atoms with Crippen molar-refractivity contribution in [1.29, 1.82) is 0 Å². The van der Waals surface area contributed by atoms with Gasteiger partial charge in [0.15, 0.2) is 17.3 Å². The van der Waals surface area contributed by atoms with Crippen molar-refractivity contribution in [1.82, 2.24) is 24.5 Å². The Labute approximate surface area is 173 Å². The summed E-state index contributed by atoms with van der Waals surface area (Å²) in [7, 11) is 1.80. The monoisotopic (exact) mass is 412 g/mol. The maximum Gasteiger partial charge on any atom is 0.374 e. The van der Waals surface area contributed by atoms with Crippen LogP contribution in [-0.2, 0) is 7.05 Å². The number of aromatic carboxylic acids is 1. The zero-order valence-electron chi connectivity index (χ0n) is 17.5. The first-order valence-electron chi connectivity index (χ1n) is 10.2. The van der Waals surface area contributed by atoms with Crippen molar-refractivity contribution >= 4 is 23.0 Å². The van der Waals surface area contributed by atoms with E-state index in [1.165, 1.54) is 12.6 Å². The predicted molar refractivity (Wildman–Crippen MR) is 111 cm³/mol. The molecule has 1 unspecified atom stereocenters. The molecule has 1 aliphatic carbocycles. The fraction of sp³-hybridized carbons (Fsp3) is 0.476. The molecule has 1 saturated carbocycles. The van der Waals surface area contributed by atoms with Crippen LogP contribution in [0, 0.1) is 11.7 Å². The molecule has 4 rings (SSSR count). The van der Waals surface area contributed by atoms with E-state index in [4.69, 9.17) is 0 Å². The van der Waals surface area contributed by atoms with Crippen LogP contribution >= 0.6 is 0 Å². The molecular formula is C21H25FN6O2. The van der Waals surface area contributed by atoms with Crippen LogP contribution in [0.3, 0.4) is 0 Å². The SMILES string of the molecule is CC(C)c1cc(-c2nc3nc(C(=O)O)nc(NC(C)C4CCC4)c3n2C)ncc1F. The van der Waals surface area contributed by atoms with E-state index >= 15 is 0 Å². The van der Waals surface area contributed by atoms with Crippen molar-refractivity contribution in [2.45, 2.75) is 52.0 Å². The number of fused-ring (bicyclic) bond motifs is 1. The molecule has 3 aromatic rings. The third kappa shape index (κ3) is 3.48. The fourth-order valence-corrected chi connectivity index (χ4v) is 3.83. The predicted octanol–water partition coefficient (Wildman–Crippen LogP) is 3.99. The lowest BCUT2D eigenvalue weighted by atomic mass is 9.80. The van der Waals surface area contributed by atoms with E-state index in [1.807, 2.05) is 13.8 Å². The number of rotatable bonds is 6. The average Bonchev–Trinajstić information content (AvgIpc) is 2.97. The van der Waals surface area contributed by atoms with Gasteiger partial charge >= 0.3 is 5.97 Å². The van der Waals surface area contributed by atoms with Gasteiger partial charge in [0.05, 0.1) is 6.20 Å². The van der Waals surface area contributed by atoms with Crippen LogP contribution in [0.5, 0.6) is 0 Å². The molecule has 0 aliphatic heterocycles. The lowest BCUT2D eigenvalue weighted by Crippen LogP contribution is -2.31. The van der Waals surface area contributed by atoms with E-state index in [2.05, 4.69) is 32.2 Å². The third-order valence-electron chi connectivity index (χ3n) is 5.88. The molecule has 1 aliphatic rings. The molecule has 0 amide bonds. The number of aryl methyl sites for hydroxylation is 1. The van der Waals surface area contributed by atoms with E-state index in [-0.39, 0.29) is 29.2 Å². The minimum Gasteiger partial charge on any atom is -0.475 e. The smallest absolute Gasteiger partial charge is 0.374 e. The van der Waals surface area contributed by atoms with Crippen molar-refractivity contribution in [3.05, 3.63) is 29.5 Å². The highest BCUT2D eigenvalue weighted by Crippen LogP contribution is 2.33. The van der Waals surface area contributed by atoms with Crippen molar-refractivity contribution in [3.63, 3.8) is 0 Å². The van der Waals surface area contributed by atoms with Crippen LogP contribution in [0.4, 0.5) is 10.2 Å². The first-order chi connectivity index (χ1) is 14.3. The molecule has 8 nitrogen and oxygen atoms in total. The second kappa shape index (κ2) is 7.62. The Morgan fingerprint density at radius 3 is 2.60 bits per heavy atom. The number of aromatic nitrogens is 5. The molecule has 0 radical (unpaired) electrons. The average molecular weight is 412 g/mol. The Morgan fingerprint density at radius 1 is 1.27 bits per heavy atom. The standard InChI is InChI=1S/C21H25FN6O2/c1-10(2)13-8-15(23-9-14(13)22)20-27-18-16(28(20)4)17(25-19(26-18)21(29)30)24-11(3)12-6-5-7-12/h8-12H,5-7H2,1-4H3,(H,29,30)(H,24,25,26). The molecule has 3 aromatic heterocycles. The quantitative estimate of drug-likeness (QED) is 0.630. The second-order valence-electron chi connectivity index (χ2n) is 8.24. The number of carbonyl (C=O) groups is 1. The van der Waals surface area contributed by atoms with Crippen molar-refractivity contribution < 1.29 is 14.3 Å². The number of anilines is 1. The van der Waals surface area contributed by atoms with Crippen molar-refractivity contribution in [2.24, 2.45) is 13.0 Å². The fourth-order valence-electron chi connectivity index (χ4n) is 3.83. The molecule has 0 bridgehead atoms. The number of imidazole rings is 1. The van der Waals surface area contributed by atoms with Crippen LogP contribution < -0.4 is 5.32 Å². The van der Waals surface area contributed by atoms with Gasteiger partial charge in [0, 0.05) is 13.1 Å². The van der Waals surface area contributed by atoms with Gasteiger partial charge in [0.1, 0.15) is 17.0 Å². The van der Waals surface area contributed by atoms with E-state index in [1.54, 1.807) is 17.7 Å². The molecule has 0 aromatic carbocycles. The van der Waals surface area contributed by atoms with E-state index < -0.39 is 5.97 Å². The summed E-state index contributed by atoms with van der Waals surface area (Å²) in [5.74, 6) is -0.468. The minimum atomic E-state index is -1.22. The lowest BCUT2D eigenvalue weighted by Gasteiger charge is -2.32. The van der Waals surface area contributed by atoms with Gasteiger partial charge < -0.3 is 15.0 Å². The highest BCUT2D eigenvalue weighted by Gasteiger charge is 2.27. The number of carboxylic acid groups (broad SMARTS) is 1. The van der Waals surface area contributed by atoms with Gasteiger partial charge in [-0.2, -0.15) is 0 Å². The zero-order chi connectivity index (χ0) is 21.6. The normalized spacial score (nSPS) is 15.4. The molecule has 1 atom stereocenters. The Hall–Kier alpha value is -3.10. The van der Waals surface area contributed by atoms with E-state index in [9.17, 15) is 14.3 Å². The molecule has 2 N–H and O–H groups in total. The number of carboxylic acids is 1. The number of hydrogen-bond acceptors (Lipinski definition) is 6. The molecule has 3 heterocycles. The number of nitrogens with zero attached hydrogens (tertiary/aromatic N) is 5. The number of nitrogens with one attached hydrogen (secondary N) is 1. The molecule has 0 saturated heterocycles. The number of hydrogen-bond donors (Lipinski definition) is 2. The van der Waals surface area contributed by atoms with Gasteiger partial charge in [-0.25, -0.2) is 29.1 Å². The van der Waals surface area contributed by atoms with Crippen LogP contribution in [0.2, 0.25) is 0 Å². The number of pyridine rings is 1. The van der Waals surface area contributed by atoms with Crippen LogP contribution in [0.25, 0.3) is 22.7 Å². The second-order valence-corrected chi connectivity index (χ2v) is 8.24. The highest BCUT2D eigenvalue weighted by molar-refractivity contribution is 5.92. The van der Waals surface area contributed by atoms with Gasteiger partial charge in [-0.1, -0.05) is 20.3 Å². The first kappa shape index (κ1) is 20.2. The molecule has 0 spiro atoms. The summed E-state index contributed by atoms with van der Waals surface area (Å²) in [6.45, 7) is 5.89. The Balaban J connectivity index is 1.85. The van der Waals surface area contributed by atoms with Crippen LogP contribution in [-0.4, -0.2) is 41.6 Å². The molecule has 30 heavy (non-hydrogen) atoms. The summed E-state index contributed by atoms with van der Waals surface area (Å²) in [4.78, 5) is 28.7. The van der Waals surface area contributed by atoms with Gasteiger partial charge in [0.2, 0.25) is 5.82 Å². The van der Waals surface area contributed by atoms with Gasteiger partial charge in [0.25, 0.3) is 0 Å². The minimum absolute atomic E-state index is 0.0135. The summed E-state index contributed by atoms with van der Waals surface area (Å²) >= 11 is 0. The van der Waals surface area contributed by atoms with Gasteiger partial charge in [-0.3, -0.25) is 0 Å². The first-order valence-corrected chi connectivity index (χ1v) is 10.2. The Morgan fingerprint density at radius 2 is 2.00 bits per heavy atom. The Bertz CT molecular complexity index is 1120. The van der Waals surface area contributed by atoms with Crippen LogP contribution in [0.1, 0.15) is 62.1 Å². The number of halogens is 1. The van der Waals surface area contributed by atoms with Crippen molar-refractivity contribution in [2.75, 3.05) is 5.32 Å². The zero-order valence-corrected chi connectivity index (χ0v) is 17.5. The third-order valence-corrected chi connectivity index (χ3v) is 5.88. The lowest BCUT2D eigenvalue weighted by molar-refractivity contribution is 0.0684. The molecular weight excluding hydrogens is 387 g/mol. The molecule has 9 heteroatoms. The summed E-state index contributed by atoms with van der Waals surface area (Å²) in [5.41, 5.74) is 1.90. The van der Waals surface area contributed by atoms with E-state index in [0.29, 0.717) is 34.3 Å². The topological polar surface area (TPSA) is 106 Å². The maximum absolute atomic E-state index is 14.1. The van der Waals surface area contributed by atoms with Crippen molar-refractivity contribution in [3.8, 4) is 11.5 Å². The largest absolute Gasteiger partial charge is 0.475 e. The summed E-state index contributed by atoms with van der Waals surface area (Å²) in [6.07, 6.45) is 4.68. The summed E-state index contributed by atoms with van der Waals surface area (Å²) < 4.78 is 15.9. The van der Waals surface area contributed by atoms with Gasteiger partial charge in [-0.15, -0.1) is 0 Å². The van der Waals surface area contributed by atoms with Crippen LogP contribution in [0.15, 0.2) is 12.3 Å². The summed E-state index contributed by atoms with van der Waals surface area (Å²) in [5, 5.41) is 12.8. The van der Waals surface area contributed by atoms with E-state index in [0.717, 1.165) is 12.8 Å². The Kier molecular flexibility index (Phi) is 5.13.